The van der Waals surface area contributed by atoms with Crippen LogP contribution in [0.3, 0.4) is 0 Å². The average Bonchev–Trinajstić information content (AvgIpc) is 3.12. The van der Waals surface area contributed by atoms with Gasteiger partial charge < -0.3 is 10.1 Å². The zero-order valence-electron chi connectivity index (χ0n) is 17.2. The van der Waals surface area contributed by atoms with Gasteiger partial charge in [-0.3, -0.25) is 14.2 Å². The van der Waals surface area contributed by atoms with Gasteiger partial charge in [0.15, 0.2) is 0 Å². The van der Waals surface area contributed by atoms with Gasteiger partial charge in [0.2, 0.25) is 0 Å². The van der Waals surface area contributed by atoms with E-state index >= 15 is 0 Å². The molecule has 7 nitrogen and oxygen atoms in total. The number of thiophene rings is 2. The van der Waals surface area contributed by atoms with E-state index in [2.05, 4.69) is 5.32 Å². The van der Waals surface area contributed by atoms with E-state index in [0.29, 0.717) is 43.7 Å². The summed E-state index contributed by atoms with van der Waals surface area (Å²) >= 11 is 2.43. The number of rotatable bonds is 4. The molecule has 0 radical (unpaired) electrons. The maximum absolute atomic E-state index is 13.1. The third-order valence-electron chi connectivity index (χ3n) is 5.23. The van der Waals surface area contributed by atoms with E-state index in [4.69, 9.17) is 9.72 Å². The second-order valence-corrected chi connectivity index (χ2v) is 9.38. The Bertz CT molecular complexity index is 1210. The maximum atomic E-state index is 13.1. The van der Waals surface area contributed by atoms with E-state index in [9.17, 15) is 14.4 Å². The van der Waals surface area contributed by atoms with E-state index in [1.807, 2.05) is 0 Å². The van der Waals surface area contributed by atoms with Crippen LogP contribution in [0.15, 0.2) is 10.9 Å². The van der Waals surface area contributed by atoms with Crippen molar-refractivity contribution in [3.05, 3.63) is 43.1 Å². The van der Waals surface area contributed by atoms with Crippen LogP contribution in [0.1, 0.15) is 62.5 Å². The average molecular weight is 446 g/mol. The topological polar surface area (TPSA) is 90.3 Å². The number of hydrogen-bond donors (Lipinski definition) is 1. The van der Waals surface area contributed by atoms with Gasteiger partial charge in [0.1, 0.15) is 15.5 Å². The summed E-state index contributed by atoms with van der Waals surface area (Å²) in [5, 5.41) is 3.96. The lowest BCUT2D eigenvalue weighted by molar-refractivity contribution is 0.0531. The van der Waals surface area contributed by atoms with Crippen molar-refractivity contribution < 1.29 is 14.3 Å². The van der Waals surface area contributed by atoms with Gasteiger partial charge in [0.05, 0.1) is 21.9 Å². The number of ether oxygens (including phenoxy) is 1. The predicted molar refractivity (Wildman–Crippen MR) is 119 cm³/mol. The smallest absolute Gasteiger partial charge is 0.348 e. The first-order chi connectivity index (χ1) is 14.4. The number of carbonyl (C=O) groups excluding carboxylic acids is 2. The predicted octanol–water partition coefficient (Wildman–Crippen LogP) is 4.29. The molecular weight excluding hydrogens is 422 g/mol. The summed E-state index contributed by atoms with van der Waals surface area (Å²) in [6, 6.07) is 1.76. The quantitative estimate of drug-likeness (QED) is 0.605. The van der Waals surface area contributed by atoms with Crippen LogP contribution < -0.4 is 10.9 Å². The molecule has 158 valence electrons. The number of esters is 1. The standard InChI is InChI=1S/C21H23N3O4S2/c1-4-28-21(27)16-11(2)10-14(29-16)23-18(25)17-12(3)15-19(30-17)22-13-8-6-5-7-9-24(13)20(15)26/h10H,4-9H2,1-3H3,(H,23,25). The third kappa shape index (κ3) is 3.67. The molecule has 0 spiro atoms. The molecule has 0 atom stereocenters. The van der Waals surface area contributed by atoms with Crippen LogP contribution in [-0.4, -0.2) is 28.0 Å². The Morgan fingerprint density at radius 1 is 1.20 bits per heavy atom. The molecule has 0 unspecified atom stereocenters. The summed E-state index contributed by atoms with van der Waals surface area (Å²) in [5.41, 5.74) is 1.36. The number of nitrogens with one attached hydrogen (secondary N) is 1. The van der Waals surface area contributed by atoms with Crippen molar-refractivity contribution in [1.82, 2.24) is 9.55 Å². The third-order valence-corrected chi connectivity index (χ3v) is 7.55. The van der Waals surface area contributed by atoms with Gasteiger partial charge in [0, 0.05) is 13.0 Å². The van der Waals surface area contributed by atoms with Crippen molar-refractivity contribution in [1.29, 1.82) is 0 Å². The van der Waals surface area contributed by atoms with Gasteiger partial charge in [-0.15, -0.1) is 22.7 Å². The van der Waals surface area contributed by atoms with Crippen LogP contribution in [0.25, 0.3) is 10.2 Å². The first-order valence-corrected chi connectivity index (χ1v) is 11.7. The fourth-order valence-corrected chi connectivity index (χ4v) is 5.79. The lowest BCUT2D eigenvalue weighted by Gasteiger charge is -2.08. The number of fused-ring (bicyclic) bond motifs is 2. The summed E-state index contributed by atoms with van der Waals surface area (Å²) in [7, 11) is 0. The van der Waals surface area contributed by atoms with Crippen molar-refractivity contribution in [2.24, 2.45) is 0 Å². The van der Waals surface area contributed by atoms with Crippen molar-refractivity contribution in [2.45, 2.75) is 53.0 Å². The second kappa shape index (κ2) is 8.31. The van der Waals surface area contributed by atoms with E-state index < -0.39 is 5.97 Å². The number of aryl methyl sites for hydroxylation is 3. The van der Waals surface area contributed by atoms with Crippen LogP contribution in [0, 0.1) is 13.8 Å². The molecule has 3 aromatic heterocycles. The number of nitrogens with zero attached hydrogens (tertiary/aromatic N) is 2. The second-order valence-electron chi connectivity index (χ2n) is 7.33. The Labute approximate surface area is 181 Å². The molecular formula is C21H23N3O4S2. The number of aromatic nitrogens is 2. The van der Waals surface area contributed by atoms with Crippen molar-refractivity contribution >= 4 is 49.8 Å². The Hall–Kier alpha value is -2.52. The van der Waals surface area contributed by atoms with Crippen molar-refractivity contribution in [3.63, 3.8) is 0 Å². The zero-order valence-corrected chi connectivity index (χ0v) is 18.8. The highest BCUT2D eigenvalue weighted by Crippen LogP contribution is 2.31. The number of hydrogen-bond acceptors (Lipinski definition) is 7. The molecule has 1 N–H and O–H groups in total. The Morgan fingerprint density at radius 2 is 2.00 bits per heavy atom. The molecule has 0 saturated carbocycles. The fraction of sp³-hybridized carbons (Fsp3) is 0.429. The molecule has 1 aliphatic heterocycles. The molecule has 4 rings (SSSR count). The number of anilines is 1. The molecule has 30 heavy (non-hydrogen) atoms. The fourth-order valence-electron chi connectivity index (χ4n) is 3.74. The maximum Gasteiger partial charge on any atom is 0.348 e. The highest BCUT2D eigenvalue weighted by molar-refractivity contribution is 7.21. The highest BCUT2D eigenvalue weighted by atomic mass is 32.1. The minimum Gasteiger partial charge on any atom is -0.462 e. The van der Waals surface area contributed by atoms with Gasteiger partial charge in [-0.2, -0.15) is 0 Å². The van der Waals surface area contributed by atoms with Crippen LogP contribution in [-0.2, 0) is 17.7 Å². The van der Waals surface area contributed by atoms with E-state index in [1.54, 1.807) is 31.4 Å². The van der Waals surface area contributed by atoms with Crippen LogP contribution in [0.2, 0.25) is 0 Å². The molecule has 0 aliphatic carbocycles. The SMILES string of the molecule is CCOC(=O)c1sc(NC(=O)c2sc3nc4n(c(=O)c3c2C)CCCCC4)cc1C. The normalized spacial score (nSPS) is 13.7. The summed E-state index contributed by atoms with van der Waals surface area (Å²) in [4.78, 5) is 44.3. The molecule has 0 saturated heterocycles. The summed E-state index contributed by atoms with van der Waals surface area (Å²) in [5.74, 6) is 0.121. The lowest BCUT2D eigenvalue weighted by Crippen LogP contribution is -2.24. The minimum absolute atomic E-state index is 0.0544. The van der Waals surface area contributed by atoms with Gasteiger partial charge in [-0.05, 0) is 50.8 Å². The first kappa shape index (κ1) is 20.7. The largest absolute Gasteiger partial charge is 0.462 e. The monoisotopic (exact) mass is 445 g/mol. The molecule has 9 heteroatoms. The van der Waals surface area contributed by atoms with Gasteiger partial charge in [-0.25, -0.2) is 9.78 Å². The van der Waals surface area contributed by atoms with E-state index in [1.165, 1.54) is 22.7 Å². The van der Waals surface area contributed by atoms with E-state index in [0.717, 1.165) is 37.1 Å². The molecule has 1 aliphatic rings. The van der Waals surface area contributed by atoms with Crippen LogP contribution in [0.4, 0.5) is 5.00 Å². The summed E-state index contributed by atoms with van der Waals surface area (Å²) in [6.07, 6.45) is 3.87. The van der Waals surface area contributed by atoms with Gasteiger partial charge in [-0.1, -0.05) is 6.42 Å². The zero-order chi connectivity index (χ0) is 21.4. The Balaban J connectivity index is 1.67. The Morgan fingerprint density at radius 3 is 2.77 bits per heavy atom. The summed E-state index contributed by atoms with van der Waals surface area (Å²) in [6.45, 7) is 6.33. The van der Waals surface area contributed by atoms with Gasteiger partial charge in [0.25, 0.3) is 11.5 Å². The molecule has 1 amide bonds. The molecule has 3 aromatic rings. The van der Waals surface area contributed by atoms with E-state index in [-0.39, 0.29) is 11.5 Å². The molecule has 0 fully saturated rings. The molecule has 0 bridgehead atoms. The lowest BCUT2D eigenvalue weighted by atomic mass is 10.2. The van der Waals surface area contributed by atoms with Crippen molar-refractivity contribution in [3.8, 4) is 0 Å². The highest BCUT2D eigenvalue weighted by Gasteiger charge is 2.23. The number of amides is 1. The Kier molecular flexibility index (Phi) is 5.75. The number of carbonyl (C=O) groups is 2. The first-order valence-electron chi connectivity index (χ1n) is 10.0. The summed E-state index contributed by atoms with van der Waals surface area (Å²) < 4.78 is 6.83. The molecule has 4 heterocycles. The van der Waals surface area contributed by atoms with Gasteiger partial charge >= 0.3 is 5.97 Å². The van der Waals surface area contributed by atoms with Crippen molar-refractivity contribution in [2.75, 3.05) is 11.9 Å². The molecule has 0 aromatic carbocycles. The van der Waals surface area contributed by atoms with Crippen LogP contribution in [0.5, 0.6) is 0 Å². The van der Waals surface area contributed by atoms with Crippen LogP contribution >= 0.6 is 22.7 Å². The minimum atomic E-state index is -0.391.